The molecule has 0 spiro atoms. The summed E-state index contributed by atoms with van der Waals surface area (Å²) >= 11 is 0. The van der Waals surface area contributed by atoms with Gasteiger partial charge < -0.3 is 0 Å². The molecule has 0 radical (unpaired) electrons. The maximum absolute atomic E-state index is 5.43. The molecule has 0 aliphatic heterocycles. The molecule has 240 valence electrons. The second kappa shape index (κ2) is 13.2. The number of hydrogen-bond acceptors (Lipinski definition) is 2. The number of benzene rings is 6. The van der Waals surface area contributed by atoms with Crippen LogP contribution in [-0.4, -0.2) is 14.4 Å². The molecule has 3 aromatic heterocycles. The van der Waals surface area contributed by atoms with Crippen molar-refractivity contribution in [1.29, 1.82) is 0 Å². The van der Waals surface area contributed by atoms with Gasteiger partial charge in [0, 0.05) is 34.0 Å². The first-order valence-corrected chi connectivity index (χ1v) is 17.2. The Kier molecular flexibility index (Phi) is 7.84. The highest BCUT2D eigenvalue weighted by atomic mass is 15.0. The van der Waals surface area contributed by atoms with Gasteiger partial charge in [-0.25, -0.2) is 9.97 Å². The molecule has 0 unspecified atom stereocenters. The second-order valence-electron chi connectivity index (χ2n) is 12.7. The minimum absolute atomic E-state index is 0.920. The van der Waals surface area contributed by atoms with Crippen molar-refractivity contribution in [2.45, 2.75) is 0 Å². The first-order valence-electron chi connectivity index (χ1n) is 17.2. The van der Waals surface area contributed by atoms with Gasteiger partial charge in [0.2, 0.25) is 0 Å². The van der Waals surface area contributed by atoms with Gasteiger partial charge in [0.05, 0.1) is 22.8 Å². The van der Waals surface area contributed by atoms with Gasteiger partial charge in [-0.15, -0.1) is 0 Å². The van der Waals surface area contributed by atoms with Crippen molar-refractivity contribution in [2.24, 2.45) is 0 Å². The van der Waals surface area contributed by atoms with E-state index in [0.29, 0.717) is 0 Å². The Morgan fingerprint density at radius 3 is 1.29 bits per heavy atom. The topological polar surface area (TPSA) is 30.2 Å². The van der Waals surface area contributed by atoms with Gasteiger partial charge in [0.25, 0.3) is 0 Å². The van der Waals surface area contributed by atoms with Crippen molar-refractivity contribution in [3.8, 4) is 78.4 Å². The highest BCUT2D eigenvalue weighted by molar-refractivity contribution is 5.90. The molecule has 3 nitrogen and oxygen atoms in total. The summed E-state index contributed by atoms with van der Waals surface area (Å²) in [7, 11) is 0. The molecule has 3 heteroatoms. The lowest BCUT2D eigenvalue weighted by molar-refractivity contribution is 1.19. The summed E-state index contributed by atoms with van der Waals surface area (Å²) in [6.45, 7) is 0. The summed E-state index contributed by atoms with van der Waals surface area (Å²) in [6, 6.07) is 68.0. The van der Waals surface area contributed by atoms with E-state index in [-0.39, 0.29) is 0 Å². The summed E-state index contributed by atoms with van der Waals surface area (Å²) in [5.74, 6) is 0. The minimum atomic E-state index is 0.920. The Morgan fingerprint density at radius 1 is 0.314 bits per heavy atom. The first-order chi connectivity index (χ1) is 25.3. The van der Waals surface area contributed by atoms with E-state index in [0.717, 1.165) is 84.1 Å². The van der Waals surface area contributed by atoms with E-state index in [4.69, 9.17) is 9.97 Å². The second-order valence-corrected chi connectivity index (χ2v) is 12.7. The van der Waals surface area contributed by atoms with Crippen molar-refractivity contribution >= 4 is 5.65 Å². The zero-order valence-corrected chi connectivity index (χ0v) is 27.9. The predicted octanol–water partition coefficient (Wildman–Crippen LogP) is 12.4. The third kappa shape index (κ3) is 5.92. The summed E-state index contributed by atoms with van der Waals surface area (Å²) in [6.07, 6.45) is 2.23. The van der Waals surface area contributed by atoms with E-state index in [1.54, 1.807) is 0 Å². The maximum atomic E-state index is 5.43. The quantitative estimate of drug-likeness (QED) is 0.172. The summed E-state index contributed by atoms with van der Waals surface area (Å²) in [5.41, 5.74) is 15.9. The maximum Gasteiger partial charge on any atom is 0.145 e. The van der Waals surface area contributed by atoms with Gasteiger partial charge in [-0.1, -0.05) is 176 Å². The van der Waals surface area contributed by atoms with Crippen molar-refractivity contribution in [3.63, 3.8) is 0 Å². The van der Waals surface area contributed by atoms with E-state index < -0.39 is 0 Å². The van der Waals surface area contributed by atoms with Crippen LogP contribution in [0.2, 0.25) is 0 Å². The summed E-state index contributed by atoms with van der Waals surface area (Å²) in [5, 5.41) is 0. The summed E-state index contributed by atoms with van der Waals surface area (Å²) in [4.78, 5) is 10.6. The fourth-order valence-electron chi connectivity index (χ4n) is 6.87. The molecule has 0 bridgehead atoms. The Hall–Kier alpha value is -6.84. The van der Waals surface area contributed by atoms with Gasteiger partial charge in [-0.05, 0) is 46.0 Å². The van der Waals surface area contributed by atoms with Crippen LogP contribution in [-0.2, 0) is 0 Å². The van der Waals surface area contributed by atoms with Gasteiger partial charge in [0.15, 0.2) is 0 Å². The van der Waals surface area contributed by atoms with Gasteiger partial charge in [-0.3, -0.25) is 4.40 Å². The third-order valence-corrected chi connectivity index (χ3v) is 9.42. The first kappa shape index (κ1) is 30.2. The van der Waals surface area contributed by atoms with Crippen molar-refractivity contribution in [2.75, 3.05) is 0 Å². The molecule has 3 heterocycles. The molecule has 0 saturated heterocycles. The number of aromatic nitrogens is 3. The van der Waals surface area contributed by atoms with E-state index in [1.165, 1.54) is 0 Å². The number of fused-ring (bicyclic) bond motifs is 1. The van der Waals surface area contributed by atoms with Crippen LogP contribution in [0.4, 0.5) is 0 Å². The molecule has 9 rings (SSSR count). The molecule has 0 amide bonds. The van der Waals surface area contributed by atoms with Crippen molar-refractivity contribution in [1.82, 2.24) is 14.4 Å². The molecular formula is C48H33N3. The lowest BCUT2D eigenvalue weighted by Crippen LogP contribution is -1.94. The summed E-state index contributed by atoms with van der Waals surface area (Å²) < 4.78 is 2.28. The smallest absolute Gasteiger partial charge is 0.145 e. The molecule has 0 aliphatic rings. The largest absolute Gasteiger partial charge is 0.298 e. The molecule has 0 saturated carbocycles. The molecule has 9 aromatic rings. The average molecular weight is 652 g/mol. The fraction of sp³-hybridized carbons (Fsp3) is 0. The Bertz CT molecular complexity index is 2520. The lowest BCUT2D eigenvalue weighted by atomic mass is 9.98. The number of imidazole rings is 1. The lowest BCUT2D eigenvalue weighted by Gasteiger charge is -2.12. The minimum Gasteiger partial charge on any atom is -0.298 e. The zero-order chi connectivity index (χ0) is 34.0. The molecule has 0 fully saturated rings. The normalized spacial score (nSPS) is 11.1. The van der Waals surface area contributed by atoms with Crippen molar-refractivity contribution in [3.05, 3.63) is 200 Å². The molecule has 51 heavy (non-hydrogen) atoms. The average Bonchev–Trinajstić information content (AvgIpc) is 3.62. The molecule has 0 N–H and O–H groups in total. The van der Waals surface area contributed by atoms with Crippen LogP contribution in [0.5, 0.6) is 0 Å². The van der Waals surface area contributed by atoms with Crippen LogP contribution < -0.4 is 0 Å². The van der Waals surface area contributed by atoms with Crippen LogP contribution in [0.25, 0.3) is 84.1 Å². The SMILES string of the molecule is c1ccc(-c2cc(-c3ccccc3)nc(-c3ccc(-c4nc5c(-c6ccccc6)cc(-c6ccccc6)cn5c4-c4ccccc4)cc3)c2)cc1. The molecule has 0 aliphatic carbocycles. The highest BCUT2D eigenvalue weighted by Crippen LogP contribution is 2.39. The Morgan fingerprint density at radius 2 is 0.745 bits per heavy atom. The van der Waals surface area contributed by atoms with Crippen LogP contribution in [0, 0.1) is 0 Å². The number of rotatable bonds is 7. The molecular weight excluding hydrogens is 619 g/mol. The van der Waals surface area contributed by atoms with Gasteiger partial charge in [0.1, 0.15) is 5.65 Å². The monoisotopic (exact) mass is 651 g/mol. The standard InChI is InChI=1S/C48H33N3/c1-6-16-34(17-7-1)41-31-44(37-22-12-4-13-23-37)49-45(32-41)38-26-28-39(29-27-38)46-47(40-24-14-5-15-25-40)51-33-42(35-18-8-2-9-19-35)30-43(48(51)50-46)36-20-10-3-11-21-36/h1-33H. The molecule has 0 atom stereocenters. The van der Waals surface area contributed by atoms with Crippen molar-refractivity contribution < 1.29 is 0 Å². The zero-order valence-electron chi connectivity index (χ0n) is 27.9. The Labute approximate surface area is 297 Å². The number of hydrogen-bond donors (Lipinski definition) is 0. The highest BCUT2D eigenvalue weighted by Gasteiger charge is 2.20. The van der Waals surface area contributed by atoms with Gasteiger partial charge in [-0.2, -0.15) is 0 Å². The fourth-order valence-corrected chi connectivity index (χ4v) is 6.87. The van der Waals surface area contributed by atoms with E-state index in [2.05, 4.69) is 199 Å². The van der Waals surface area contributed by atoms with E-state index in [1.807, 2.05) is 6.07 Å². The number of pyridine rings is 2. The van der Waals surface area contributed by atoms with Crippen LogP contribution in [0.1, 0.15) is 0 Å². The number of nitrogens with zero attached hydrogens (tertiary/aromatic N) is 3. The van der Waals surface area contributed by atoms with Gasteiger partial charge >= 0.3 is 0 Å². The Balaban J connectivity index is 1.22. The van der Waals surface area contributed by atoms with E-state index >= 15 is 0 Å². The van der Waals surface area contributed by atoms with E-state index in [9.17, 15) is 0 Å². The predicted molar refractivity (Wildman–Crippen MR) is 211 cm³/mol. The van der Waals surface area contributed by atoms with Crippen LogP contribution in [0.3, 0.4) is 0 Å². The van der Waals surface area contributed by atoms with Crippen LogP contribution in [0.15, 0.2) is 200 Å². The van der Waals surface area contributed by atoms with Crippen LogP contribution >= 0.6 is 0 Å². The molecule has 6 aromatic carbocycles. The third-order valence-electron chi connectivity index (χ3n) is 9.42.